The molecule has 1 heterocycles. The van der Waals surface area contributed by atoms with Gasteiger partial charge in [-0.1, -0.05) is 13.0 Å². The van der Waals surface area contributed by atoms with Gasteiger partial charge < -0.3 is 10.1 Å². The summed E-state index contributed by atoms with van der Waals surface area (Å²) >= 11 is 0. The number of allylic oxidation sites excluding steroid dienone is 1. The van der Waals surface area contributed by atoms with E-state index in [1.54, 1.807) is 12.3 Å². The van der Waals surface area contributed by atoms with Crippen molar-refractivity contribution in [3.63, 3.8) is 0 Å². The summed E-state index contributed by atoms with van der Waals surface area (Å²) in [6.45, 7) is 7.35. The molecule has 0 fully saturated rings. The van der Waals surface area contributed by atoms with Gasteiger partial charge in [-0.25, -0.2) is 9.37 Å². The van der Waals surface area contributed by atoms with Crippen LogP contribution in [0.4, 0.5) is 4.39 Å². The van der Waals surface area contributed by atoms with Crippen molar-refractivity contribution in [3.8, 4) is 5.88 Å². The molecule has 0 radical (unpaired) electrons. The molecule has 0 aliphatic rings. The van der Waals surface area contributed by atoms with E-state index in [1.807, 2.05) is 13.0 Å². The molecule has 17 heavy (non-hydrogen) atoms. The molecule has 0 saturated carbocycles. The zero-order valence-corrected chi connectivity index (χ0v) is 10.2. The van der Waals surface area contributed by atoms with E-state index in [9.17, 15) is 4.39 Å². The third kappa shape index (κ3) is 4.53. The fourth-order valence-corrected chi connectivity index (χ4v) is 1.36. The number of nitrogens with one attached hydrogen (secondary N) is 1. The van der Waals surface area contributed by atoms with Crippen LogP contribution in [0.2, 0.25) is 0 Å². The van der Waals surface area contributed by atoms with Crippen LogP contribution in [0, 0.1) is 5.82 Å². The maximum atomic E-state index is 13.9. The van der Waals surface area contributed by atoms with Crippen molar-refractivity contribution in [2.45, 2.75) is 26.3 Å². The minimum atomic E-state index is -0.368. The third-order valence-corrected chi connectivity index (χ3v) is 2.29. The molecule has 0 saturated heterocycles. The second-order valence-electron chi connectivity index (χ2n) is 3.65. The van der Waals surface area contributed by atoms with Crippen LogP contribution in [0.25, 0.3) is 0 Å². The summed E-state index contributed by atoms with van der Waals surface area (Å²) < 4.78 is 19.2. The summed E-state index contributed by atoms with van der Waals surface area (Å²) in [7, 11) is 0. The molecule has 0 aliphatic carbocycles. The molecule has 1 rings (SSSR count). The van der Waals surface area contributed by atoms with Crippen LogP contribution >= 0.6 is 0 Å². The summed E-state index contributed by atoms with van der Waals surface area (Å²) in [5.74, 6) is -0.281. The van der Waals surface area contributed by atoms with E-state index >= 15 is 0 Å². The maximum Gasteiger partial charge on any atom is 0.250 e. The van der Waals surface area contributed by atoms with Crippen molar-refractivity contribution in [1.29, 1.82) is 0 Å². The number of aromatic nitrogens is 1. The SMILES string of the molecule is C=CCCCOc1nccc(CNCC)c1F. The molecule has 3 nitrogen and oxygen atoms in total. The van der Waals surface area contributed by atoms with Crippen LogP contribution in [0.15, 0.2) is 24.9 Å². The molecule has 0 aliphatic heterocycles. The zero-order valence-electron chi connectivity index (χ0n) is 10.2. The van der Waals surface area contributed by atoms with Crippen molar-refractivity contribution in [3.05, 3.63) is 36.3 Å². The average Bonchev–Trinajstić information content (AvgIpc) is 2.35. The number of halogens is 1. The van der Waals surface area contributed by atoms with Crippen LogP contribution < -0.4 is 10.1 Å². The number of hydrogen-bond acceptors (Lipinski definition) is 3. The molecule has 1 N–H and O–H groups in total. The number of hydrogen-bond donors (Lipinski definition) is 1. The molecular formula is C13H19FN2O. The van der Waals surface area contributed by atoms with Crippen LogP contribution in [0.5, 0.6) is 5.88 Å². The van der Waals surface area contributed by atoms with Gasteiger partial charge in [0, 0.05) is 18.3 Å². The van der Waals surface area contributed by atoms with E-state index in [-0.39, 0.29) is 11.7 Å². The highest BCUT2D eigenvalue weighted by Gasteiger charge is 2.09. The molecule has 0 amide bonds. The van der Waals surface area contributed by atoms with Gasteiger partial charge in [0.15, 0.2) is 5.82 Å². The first-order valence-electron chi connectivity index (χ1n) is 5.87. The normalized spacial score (nSPS) is 10.2. The van der Waals surface area contributed by atoms with Gasteiger partial charge in [-0.05, 0) is 25.5 Å². The molecule has 1 aromatic heterocycles. The Labute approximate surface area is 102 Å². The van der Waals surface area contributed by atoms with Crippen molar-refractivity contribution in [2.75, 3.05) is 13.2 Å². The molecule has 94 valence electrons. The van der Waals surface area contributed by atoms with Gasteiger partial charge in [0.05, 0.1) is 6.61 Å². The van der Waals surface area contributed by atoms with Crippen LogP contribution in [-0.4, -0.2) is 18.1 Å². The van der Waals surface area contributed by atoms with Crippen LogP contribution in [0.1, 0.15) is 25.3 Å². The standard InChI is InChI=1S/C13H19FN2O/c1-3-5-6-9-17-13-12(14)11(7-8-16-13)10-15-4-2/h3,7-8,15H,1,4-6,9-10H2,2H3. The predicted octanol–water partition coefficient (Wildman–Crippen LogP) is 2.68. The number of pyridine rings is 1. The Hall–Kier alpha value is -1.42. The van der Waals surface area contributed by atoms with Gasteiger partial charge in [-0.15, -0.1) is 6.58 Å². The summed E-state index contributed by atoms with van der Waals surface area (Å²) in [6, 6.07) is 1.66. The van der Waals surface area contributed by atoms with Crippen LogP contribution in [0.3, 0.4) is 0 Å². The third-order valence-electron chi connectivity index (χ3n) is 2.29. The maximum absolute atomic E-state index is 13.9. The van der Waals surface area contributed by atoms with E-state index in [4.69, 9.17) is 4.74 Å². The highest BCUT2D eigenvalue weighted by molar-refractivity contribution is 5.23. The largest absolute Gasteiger partial charge is 0.476 e. The second-order valence-corrected chi connectivity index (χ2v) is 3.65. The molecule has 1 aromatic rings. The lowest BCUT2D eigenvalue weighted by atomic mass is 10.2. The molecule has 4 heteroatoms. The molecule has 0 unspecified atom stereocenters. The lowest BCUT2D eigenvalue weighted by Gasteiger charge is -2.08. The Bertz CT molecular complexity index is 355. The van der Waals surface area contributed by atoms with Crippen LogP contribution in [-0.2, 0) is 6.54 Å². The highest BCUT2D eigenvalue weighted by Crippen LogP contribution is 2.17. The fraction of sp³-hybridized carbons (Fsp3) is 0.462. The van der Waals surface area contributed by atoms with Crippen molar-refractivity contribution in [2.24, 2.45) is 0 Å². The van der Waals surface area contributed by atoms with Crippen molar-refractivity contribution < 1.29 is 9.13 Å². The Morgan fingerprint density at radius 1 is 1.59 bits per heavy atom. The first kappa shape index (κ1) is 13.6. The zero-order chi connectivity index (χ0) is 12.5. The summed E-state index contributed by atoms with van der Waals surface area (Å²) in [5.41, 5.74) is 0.584. The van der Waals surface area contributed by atoms with Crippen molar-refractivity contribution >= 4 is 0 Å². The smallest absolute Gasteiger partial charge is 0.250 e. The Kier molecular flexibility index (Phi) is 6.25. The Balaban J connectivity index is 2.56. The molecular weight excluding hydrogens is 219 g/mol. The number of ether oxygens (including phenoxy) is 1. The van der Waals surface area contributed by atoms with E-state index < -0.39 is 0 Å². The first-order chi connectivity index (χ1) is 8.29. The molecule has 0 aromatic carbocycles. The lowest BCUT2D eigenvalue weighted by molar-refractivity contribution is 0.282. The fourth-order valence-electron chi connectivity index (χ4n) is 1.36. The number of rotatable bonds is 8. The number of nitrogens with zero attached hydrogens (tertiary/aromatic N) is 1. The predicted molar refractivity (Wildman–Crippen MR) is 66.5 cm³/mol. The summed E-state index contributed by atoms with van der Waals surface area (Å²) in [4.78, 5) is 3.89. The molecule has 0 atom stereocenters. The monoisotopic (exact) mass is 238 g/mol. The van der Waals surface area contributed by atoms with Gasteiger partial charge in [-0.2, -0.15) is 0 Å². The van der Waals surface area contributed by atoms with E-state index in [1.165, 1.54) is 0 Å². The van der Waals surface area contributed by atoms with Gasteiger partial charge in [0.1, 0.15) is 0 Å². The van der Waals surface area contributed by atoms with Gasteiger partial charge in [0.2, 0.25) is 0 Å². The average molecular weight is 238 g/mol. The molecule has 0 bridgehead atoms. The molecule has 0 spiro atoms. The minimum absolute atomic E-state index is 0.0875. The Morgan fingerprint density at radius 2 is 2.41 bits per heavy atom. The van der Waals surface area contributed by atoms with Gasteiger partial charge in [-0.3, -0.25) is 0 Å². The highest BCUT2D eigenvalue weighted by atomic mass is 19.1. The minimum Gasteiger partial charge on any atom is -0.476 e. The summed E-state index contributed by atoms with van der Waals surface area (Å²) in [5, 5.41) is 3.07. The van der Waals surface area contributed by atoms with E-state index in [0.717, 1.165) is 19.4 Å². The van der Waals surface area contributed by atoms with Gasteiger partial charge >= 0.3 is 0 Å². The van der Waals surface area contributed by atoms with E-state index in [0.29, 0.717) is 18.7 Å². The van der Waals surface area contributed by atoms with Crippen molar-refractivity contribution in [1.82, 2.24) is 10.3 Å². The Morgan fingerprint density at radius 3 is 3.12 bits per heavy atom. The lowest BCUT2D eigenvalue weighted by Crippen LogP contribution is -2.14. The summed E-state index contributed by atoms with van der Waals surface area (Å²) in [6.07, 6.45) is 5.06. The first-order valence-corrected chi connectivity index (χ1v) is 5.87. The topological polar surface area (TPSA) is 34.1 Å². The van der Waals surface area contributed by atoms with Gasteiger partial charge in [0.25, 0.3) is 5.88 Å². The van der Waals surface area contributed by atoms with E-state index in [2.05, 4.69) is 16.9 Å². The number of unbranched alkanes of at least 4 members (excludes halogenated alkanes) is 1. The second kappa shape index (κ2) is 7.79. The quantitative estimate of drug-likeness (QED) is 0.558.